The minimum absolute atomic E-state index is 0.314. The van der Waals surface area contributed by atoms with Crippen LogP contribution in [0.3, 0.4) is 0 Å². The minimum atomic E-state index is 0.314. The van der Waals surface area contributed by atoms with Gasteiger partial charge in [-0.1, -0.05) is 38.1 Å². The smallest absolute Gasteiger partial charge is 0.163 e. The second-order valence-corrected chi connectivity index (χ2v) is 4.07. The van der Waals surface area contributed by atoms with Gasteiger partial charge in [-0.05, 0) is 17.4 Å². The molecule has 0 radical (unpaired) electrons. The zero-order valence-corrected chi connectivity index (χ0v) is 8.08. The fourth-order valence-corrected chi connectivity index (χ4v) is 2.09. The number of hydrogen-bond donors (Lipinski definition) is 0. The summed E-state index contributed by atoms with van der Waals surface area (Å²) in [6, 6.07) is 8.00. The lowest BCUT2D eigenvalue weighted by molar-refractivity contribution is 0.0984. The maximum atomic E-state index is 11.6. The molecular weight excluding hydrogens is 160 g/mol. The van der Waals surface area contributed by atoms with Crippen LogP contribution in [0.5, 0.6) is 0 Å². The molecule has 0 spiro atoms. The zero-order valence-electron chi connectivity index (χ0n) is 8.08. The van der Waals surface area contributed by atoms with E-state index >= 15 is 0 Å². The first-order chi connectivity index (χ1) is 6.20. The van der Waals surface area contributed by atoms with E-state index in [0.29, 0.717) is 24.0 Å². The number of carbonyl (C=O) groups excluding carboxylic acids is 1. The predicted octanol–water partition coefficient (Wildman–Crippen LogP) is 3.01. The quantitative estimate of drug-likeness (QED) is 0.639. The monoisotopic (exact) mass is 174 g/mol. The molecule has 0 saturated heterocycles. The highest BCUT2D eigenvalue weighted by molar-refractivity contribution is 6.01. The van der Waals surface area contributed by atoms with E-state index in [4.69, 9.17) is 0 Å². The number of benzene rings is 1. The third-order valence-electron chi connectivity index (χ3n) is 2.87. The minimum Gasteiger partial charge on any atom is -0.294 e. The van der Waals surface area contributed by atoms with Crippen LogP contribution in [0.15, 0.2) is 24.3 Å². The molecular formula is C12H14O. The van der Waals surface area contributed by atoms with Gasteiger partial charge in [0.15, 0.2) is 5.78 Å². The second-order valence-electron chi connectivity index (χ2n) is 4.07. The summed E-state index contributed by atoms with van der Waals surface area (Å²) in [4.78, 5) is 11.6. The summed E-state index contributed by atoms with van der Waals surface area (Å²) in [6.45, 7) is 4.36. The van der Waals surface area contributed by atoms with Gasteiger partial charge in [-0.25, -0.2) is 0 Å². The molecule has 0 aliphatic heterocycles. The number of Topliss-reactive ketones (excluding diaryl/α,β-unsaturated/α-hetero) is 1. The maximum Gasteiger partial charge on any atom is 0.163 e. The molecule has 0 aromatic heterocycles. The first kappa shape index (κ1) is 8.49. The van der Waals surface area contributed by atoms with E-state index in [-0.39, 0.29) is 0 Å². The van der Waals surface area contributed by atoms with Crippen molar-refractivity contribution < 1.29 is 4.79 Å². The number of hydrogen-bond acceptors (Lipinski definition) is 1. The average Bonchev–Trinajstić information content (AvgIpc) is 2.45. The molecule has 1 aliphatic carbocycles. The molecule has 0 N–H and O–H groups in total. The molecule has 68 valence electrons. The van der Waals surface area contributed by atoms with Crippen LogP contribution in [0.4, 0.5) is 0 Å². The Morgan fingerprint density at radius 1 is 1.31 bits per heavy atom. The van der Waals surface area contributed by atoms with Gasteiger partial charge in [0.25, 0.3) is 0 Å². The first-order valence-corrected chi connectivity index (χ1v) is 4.82. The van der Waals surface area contributed by atoms with Crippen molar-refractivity contribution in [1.82, 2.24) is 0 Å². The Bertz CT molecular complexity index is 339. The number of rotatable bonds is 1. The molecule has 0 bridgehead atoms. The molecule has 0 fully saturated rings. The highest BCUT2D eigenvalue weighted by Crippen LogP contribution is 2.37. The normalized spacial score (nSPS) is 20.8. The predicted molar refractivity (Wildman–Crippen MR) is 53.0 cm³/mol. The summed E-state index contributed by atoms with van der Waals surface area (Å²) in [6.07, 6.45) is 0.705. The van der Waals surface area contributed by atoms with E-state index in [1.54, 1.807) is 0 Å². The van der Waals surface area contributed by atoms with Crippen LogP contribution >= 0.6 is 0 Å². The van der Waals surface area contributed by atoms with Gasteiger partial charge in [-0.15, -0.1) is 0 Å². The van der Waals surface area contributed by atoms with Crippen molar-refractivity contribution >= 4 is 5.78 Å². The average molecular weight is 174 g/mol. The van der Waals surface area contributed by atoms with Gasteiger partial charge in [0.1, 0.15) is 0 Å². The van der Waals surface area contributed by atoms with E-state index in [1.807, 2.05) is 18.2 Å². The van der Waals surface area contributed by atoms with Crippen LogP contribution in [0.2, 0.25) is 0 Å². The summed E-state index contributed by atoms with van der Waals surface area (Å²) in [5.41, 5.74) is 2.20. The molecule has 1 aromatic rings. The van der Waals surface area contributed by atoms with Crippen LogP contribution in [-0.4, -0.2) is 5.78 Å². The van der Waals surface area contributed by atoms with Crippen molar-refractivity contribution in [3.63, 3.8) is 0 Å². The molecule has 0 saturated carbocycles. The molecule has 1 aromatic carbocycles. The molecule has 1 atom stereocenters. The topological polar surface area (TPSA) is 17.1 Å². The van der Waals surface area contributed by atoms with Crippen molar-refractivity contribution in [2.24, 2.45) is 5.92 Å². The van der Waals surface area contributed by atoms with Gasteiger partial charge < -0.3 is 0 Å². The Hall–Kier alpha value is -1.11. The summed E-state index contributed by atoms with van der Waals surface area (Å²) in [5, 5.41) is 0. The molecule has 1 aliphatic rings. The first-order valence-electron chi connectivity index (χ1n) is 4.82. The van der Waals surface area contributed by atoms with Crippen molar-refractivity contribution in [3.8, 4) is 0 Å². The van der Waals surface area contributed by atoms with Gasteiger partial charge in [-0.3, -0.25) is 4.79 Å². The molecule has 1 unspecified atom stereocenters. The largest absolute Gasteiger partial charge is 0.294 e. The molecule has 1 nitrogen and oxygen atoms in total. The van der Waals surface area contributed by atoms with Gasteiger partial charge in [0, 0.05) is 12.0 Å². The van der Waals surface area contributed by atoms with Gasteiger partial charge >= 0.3 is 0 Å². The summed E-state index contributed by atoms with van der Waals surface area (Å²) < 4.78 is 0. The third-order valence-corrected chi connectivity index (χ3v) is 2.87. The summed E-state index contributed by atoms with van der Waals surface area (Å²) in [5.74, 6) is 1.32. The van der Waals surface area contributed by atoms with E-state index in [2.05, 4.69) is 19.9 Å². The summed E-state index contributed by atoms with van der Waals surface area (Å²) >= 11 is 0. The number of carbonyl (C=O) groups is 1. The van der Waals surface area contributed by atoms with Crippen LogP contribution in [0.25, 0.3) is 0 Å². The maximum absolute atomic E-state index is 11.6. The molecule has 2 rings (SSSR count). The second kappa shape index (κ2) is 2.99. The van der Waals surface area contributed by atoms with Crippen LogP contribution in [-0.2, 0) is 0 Å². The Morgan fingerprint density at radius 3 is 2.69 bits per heavy atom. The Balaban J connectivity index is 2.47. The van der Waals surface area contributed by atoms with E-state index in [0.717, 1.165) is 5.56 Å². The summed E-state index contributed by atoms with van der Waals surface area (Å²) in [7, 11) is 0. The molecule has 13 heavy (non-hydrogen) atoms. The van der Waals surface area contributed by atoms with Crippen LogP contribution < -0.4 is 0 Å². The lowest BCUT2D eigenvalue weighted by Gasteiger charge is -2.13. The van der Waals surface area contributed by atoms with Crippen molar-refractivity contribution in [2.45, 2.75) is 26.2 Å². The highest BCUT2D eigenvalue weighted by Gasteiger charge is 2.30. The number of fused-ring (bicyclic) bond motifs is 1. The van der Waals surface area contributed by atoms with Crippen molar-refractivity contribution in [3.05, 3.63) is 35.4 Å². The van der Waals surface area contributed by atoms with Gasteiger partial charge in [-0.2, -0.15) is 0 Å². The van der Waals surface area contributed by atoms with Crippen molar-refractivity contribution in [1.29, 1.82) is 0 Å². The van der Waals surface area contributed by atoms with E-state index < -0.39 is 0 Å². The lowest BCUT2D eigenvalue weighted by atomic mass is 9.90. The molecule has 0 amide bonds. The third kappa shape index (κ3) is 1.28. The zero-order chi connectivity index (χ0) is 9.42. The SMILES string of the molecule is CC(C)C1CC(=O)c2ccccc21. The van der Waals surface area contributed by atoms with E-state index in [1.165, 1.54) is 5.56 Å². The van der Waals surface area contributed by atoms with Crippen LogP contribution in [0, 0.1) is 5.92 Å². The van der Waals surface area contributed by atoms with Gasteiger partial charge in [0.2, 0.25) is 0 Å². The standard InChI is InChI=1S/C12H14O/c1-8(2)11-7-12(13)10-6-4-3-5-9(10)11/h3-6,8,11H,7H2,1-2H3. The highest BCUT2D eigenvalue weighted by atomic mass is 16.1. The van der Waals surface area contributed by atoms with Crippen LogP contribution in [0.1, 0.15) is 42.1 Å². The Kier molecular flexibility index (Phi) is 1.95. The molecule has 0 heterocycles. The van der Waals surface area contributed by atoms with Crippen molar-refractivity contribution in [2.75, 3.05) is 0 Å². The number of ketones is 1. The molecule has 1 heteroatoms. The Labute approximate surface area is 78.8 Å². The van der Waals surface area contributed by atoms with Gasteiger partial charge in [0.05, 0.1) is 0 Å². The van der Waals surface area contributed by atoms with E-state index in [9.17, 15) is 4.79 Å². The fraction of sp³-hybridized carbons (Fsp3) is 0.417. The lowest BCUT2D eigenvalue weighted by Crippen LogP contribution is -2.02. The Morgan fingerprint density at radius 2 is 2.00 bits per heavy atom. The fourth-order valence-electron chi connectivity index (χ4n) is 2.09.